The fourth-order valence-corrected chi connectivity index (χ4v) is 2.99. The van der Waals surface area contributed by atoms with Crippen LogP contribution in [0.15, 0.2) is 34.9 Å². The van der Waals surface area contributed by atoms with Crippen LogP contribution < -0.4 is 11.1 Å². The van der Waals surface area contributed by atoms with E-state index in [1.54, 1.807) is 12.1 Å². The van der Waals surface area contributed by atoms with Crippen molar-refractivity contribution in [3.05, 3.63) is 56.4 Å². The topological polar surface area (TPSA) is 97.3 Å². The van der Waals surface area contributed by atoms with Crippen LogP contribution in [-0.2, 0) is 6.54 Å². The third kappa shape index (κ3) is 5.37. The first-order valence-corrected chi connectivity index (χ1v) is 9.00. The summed E-state index contributed by atoms with van der Waals surface area (Å²) in [6.45, 7) is 4.98. The Kier molecular flexibility index (Phi) is 7.28. The Labute approximate surface area is 159 Å². The van der Waals surface area contributed by atoms with Gasteiger partial charge < -0.3 is 11.1 Å². The van der Waals surface area contributed by atoms with Crippen molar-refractivity contribution in [2.45, 2.75) is 19.9 Å². The molecule has 1 aromatic carbocycles. The summed E-state index contributed by atoms with van der Waals surface area (Å²) in [6, 6.07) is 6.46. The average Bonchev–Trinajstić information content (AvgIpc) is 2.61. The number of nitrogens with two attached hydrogens (primary N) is 1. The Bertz CT molecular complexity index is 758. The van der Waals surface area contributed by atoms with Gasteiger partial charge in [0.25, 0.3) is 0 Å². The minimum absolute atomic E-state index is 0.118. The van der Waals surface area contributed by atoms with E-state index in [1.807, 2.05) is 0 Å². The maximum absolute atomic E-state index is 13.0. The van der Waals surface area contributed by atoms with Gasteiger partial charge in [-0.25, -0.2) is 9.37 Å². The van der Waals surface area contributed by atoms with E-state index < -0.39 is 4.92 Å². The molecular weight excluding hydrogens is 405 g/mol. The normalized spacial score (nSPS) is 10.9. The first kappa shape index (κ1) is 20.1. The zero-order valence-electron chi connectivity index (χ0n) is 14.4. The van der Waals surface area contributed by atoms with E-state index in [0.29, 0.717) is 16.7 Å². The molecule has 9 heteroatoms. The van der Waals surface area contributed by atoms with E-state index in [1.165, 1.54) is 18.3 Å². The Morgan fingerprint density at radius 1 is 1.38 bits per heavy atom. The van der Waals surface area contributed by atoms with Gasteiger partial charge in [0.05, 0.1) is 9.40 Å². The van der Waals surface area contributed by atoms with Gasteiger partial charge in [-0.15, -0.1) is 0 Å². The first-order valence-electron chi connectivity index (χ1n) is 8.21. The van der Waals surface area contributed by atoms with Gasteiger partial charge >= 0.3 is 5.69 Å². The summed E-state index contributed by atoms with van der Waals surface area (Å²) in [5.74, 6) is -0.364. The van der Waals surface area contributed by atoms with Gasteiger partial charge in [-0.1, -0.05) is 19.1 Å². The van der Waals surface area contributed by atoms with Crippen molar-refractivity contribution in [2.24, 2.45) is 0 Å². The molecule has 0 atom stereocenters. The van der Waals surface area contributed by atoms with Crippen LogP contribution in [0.1, 0.15) is 18.9 Å². The van der Waals surface area contributed by atoms with Crippen molar-refractivity contribution in [1.29, 1.82) is 0 Å². The maximum Gasteiger partial charge on any atom is 0.335 e. The number of halogens is 2. The number of hydrogen-bond donors (Lipinski definition) is 2. The van der Waals surface area contributed by atoms with Gasteiger partial charge in [-0.3, -0.25) is 15.0 Å². The van der Waals surface area contributed by atoms with Gasteiger partial charge in [0.2, 0.25) is 5.82 Å². The number of rotatable bonds is 9. The molecule has 0 bridgehead atoms. The van der Waals surface area contributed by atoms with Gasteiger partial charge in [0, 0.05) is 25.8 Å². The summed E-state index contributed by atoms with van der Waals surface area (Å²) < 4.78 is 13.5. The summed E-state index contributed by atoms with van der Waals surface area (Å²) in [6.07, 6.45) is 2.22. The quantitative estimate of drug-likeness (QED) is 0.360. The third-order valence-corrected chi connectivity index (χ3v) is 4.54. The van der Waals surface area contributed by atoms with Crippen LogP contribution in [0.25, 0.3) is 0 Å². The minimum atomic E-state index is -0.539. The highest BCUT2D eigenvalue weighted by Gasteiger charge is 2.22. The van der Waals surface area contributed by atoms with Crippen LogP contribution in [0.4, 0.5) is 21.6 Å². The molecule has 0 aliphatic heterocycles. The molecule has 1 aromatic heterocycles. The summed E-state index contributed by atoms with van der Waals surface area (Å²) in [7, 11) is 0. The number of nitrogens with one attached hydrogen (secondary N) is 1. The molecule has 0 spiro atoms. The molecule has 140 valence electrons. The van der Waals surface area contributed by atoms with Crippen molar-refractivity contribution in [3.63, 3.8) is 0 Å². The smallest absolute Gasteiger partial charge is 0.335 e. The number of benzene rings is 1. The molecule has 0 radical (unpaired) electrons. The van der Waals surface area contributed by atoms with Gasteiger partial charge in [0.1, 0.15) is 11.5 Å². The second kappa shape index (κ2) is 9.44. The summed E-state index contributed by atoms with van der Waals surface area (Å²) in [5.41, 5.74) is 6.77. The average molecular weight is 426 g/mol. The molecule has 2 rings (SSSR count). The van der Waals surface area contributed by atoms with E-state index in [4.69, 9.17) is 5.73 Å². The summed E-state index contributed by atoms with van der Waals surface area (Å²) in [4.78, 5) is 16.7. The lowest BCUT2D eigenvalue weighted by Crippen LogP contribution is -2.25. The molecule has 0 saturated heterocycles. The number of pyridine rings is 1. The van der Waals surface area contributed by atoms with Crippen molar-refractivity contribution < 1.29 is 9.31 Å². The first-order chi connectivity index (χ1) is 12.4. The molecule has 0 amide bonds. The van der Waals surface area contributed by atoms with Gasteiger partial charge in [0.15, 0.2) is 0 Å². The number of nitrogens with zero attached hydrogens (tertiary/aromatic N) is 3. The number of hydrogen-bond acceptors (Lipinski definition) is 6. The number of nitrogen functional groups attached to an aromatic ring is 1. The standard InChI is InChI=1S/C17H21BrFN5O2/c1-2-23(11-12-4-6-13(19)7-5-12)9-3-8-21-15-14(18)10-22-17(20)16(15)24(25)26/h4-7,10H,2-3,8-9,11H2,1H3,(H3,20,21,22). The highest BCUT2D eigenvalue weighted by atomic mass is 79.9. The van der Waals surface area contributed by atoms with Crippen molar-refractivity contribution in [1.82, 2.24) is 9.88 Å². The zero-order chi connectivity index (χ0) is 19.1. The van der Waals surface area contributed by atoms with E-state index in [0.717, 1.165) is 31.6 Å². The highest BCUT2D eigenvalue weighted by molar-refractivity contribution is 9.10. The van der Waals surface area contributed by atoms with E-state index in [2.05, 4.69) is 38.1 Å². The van der Waals surface area contributed by atoms with Crippen LogP contribution in [-0.4, -0.2) is 34.4 Å². The largest absolute Gasteiger partial charge is 0.378 e. The SMILES string of the molecule is CCN(CCCNc1c(Br)cnc(N)c1[N+](=O)[O-])Cc1ccc(F)cc1. The van der Waals surface area contributed by atoms with E-state index in [9.17, 15) is 14.5 Å². The summed E-state index contributed by atoms with van der Waals surface area (Å²) >= 11 is 3.27. The molecule has 0 saturated carbocycles. The fourth-order valence-electron chi connectivity index (χ4n) is 2.56. The summed E-state index contributed by atoms with van der Waals surface area (Å²) in [5, 5.41) is 14.3. The second-order valence-corrected chi connectivity index (χ2v) is 6.60. The Hall–Kier alpha value is -2.26. The molecule has 1 heterocycles. The third-order valence-electron chi connectivity index (χ3n) is 3.94. The Balaban J connectivity index is 1.90. The van der Waals surface area contributed by atoms with Crippen LogP contribution in [0.2, 0.25) is 0 Å². The number of anilines is 2. The van der Waals surface area contributed by atoms with Crippen LogP contribution in [0.5, 0.6) is 0 Å². The predicted molar refractivity (Wildman–Crippen MR) is 103 cm³/mol. The molecule has 0 fully saturated rings. The Morgan fingerprint density at radius 3 is 2.69 bits per heavy atom. The number of nitro groups is 1. The maximum atomic E-state index is 13.0. The van der Waals surface area contributed by atoms with Gasteiger partial charge in [-0.2, -0.15) is 0 Å². The lowest BCUT2D eigenvalue weighted by atomic mass is 10.2. The molecule has 7 nitrogen and oxygen atoms in total. The van der Waals surface area contributed by atoms with Crippen LogP contribution >= 0.6 is 15.9 Å². The Morgan fingerprint density at radius 2 is 2.08 bits per heavy atom. The van der Waals surface area contributed by atoms with E-state index in [-0.39, 0.29) is 17.3 Å². The second-order valence-electron chi connectivity index (χ2n) is 5.75. The van der Waals surface area contributed by atoms with Crippen LogP contribution in [0, 0.1) is 15.9 Å². The number of aromatic nitrogens is 1. The minimum Gasteiger partial charge on any atom is -0.378 e. The molecule has 3 N–H and O–H groups in total. The molecule has 0 aliphatic carbocycles. The molecule has 0 aliphatic rings. The lowest BCUT2D eigenvalue weighted by molar-refractivity contribution is -0.383. The lowest BCUT2D eigenvalue weighted by Gasteiger charge is -2.20. The molecule has 2 aromatic rings. The van der Waals surface area contributed by atoms with Crippen LogP contribution in [0.3, 0.4) is 0 Å². The van der Waals surface area contributed by atoms with Crippen molar-refractivity contribution >= 4 is 33.1 Å². The fraction of sp³-hybridized carbons (Fsp3) is 0.353. The predicted octanol–water partition coefficient (Wildman–Crippen LogP) is 3.80. The van der Waals surface area contributed by atoms with E-state index >= 15 is 0 Å². The van der Waals surface area contributed by atoms with Crippen molar-refractivity contribution in [2.75, 3.05) is 30.7 Å². The van der Waals surface area contributed by atoms with Crippen molar-refractivity contribution in [3.8, 4) is 0 Å². The zero-order valence-corrected chi connectivity index (χ0v) is 16.0. The molecule has 0 unspecified atom stereocenters. The molecular formula is C17H21BrFN5O2. The van der Waals surface area contributed by atoms with Gasteiger partial charge in [-0.05, 0) is 46.6 Å². The highest BCUT2D eigenvalue weighted by Crippen LogP contribution is 2.35. The molecule has 26 heavy (non-hydrogen) atoms. The monoisotopic (exact) mass is 425 g/mol.